The summed E-state index contributed by atoms with van der Waals surface area (Å²) < 4.78 is 55.6. The Hall–Kier alpha value is -3.25. The highest BCUT2D eigenvalue weighted by molar-refractivity contribution is 5.65. The highest BCUT2D eigenvalue weighted by atomic mass is 19.2. The van der Waals surface area contributed by atoms with Gasteiger partial charge < -0.3 is 14.6 Å². The molecule has 0 amide bonds. The standard InChI is InChI=1S/C31H33F3O3/c1-3-4-17-36-26-14-11-24(29(32)18-26)19-37-25-12-9-23(10-13-25)28-16-15-27(30(33)31(28)34)22-7-5-21(6-8-22)20(2)35/h3,9-16,18,20-22,35H,1,4-8,17,19H2,2H3. The molecule has 0 saturated heterocycles. The van der Waals surface area contributed by atoms with Crippen molar-refractivity contribution in [2.24, 2.45) is 5.92 Å². The Bertz CT molecular complexity index is 1200. The molecular formula is C31H33F3O3. The molecule has 1 saturated carbocycles. The molecule has 6 heteroatoms. The molecule has 3 aromatic rings. The third-order valence-corrected chi connectivity index (χ3v) is 7.18. The Morgan fingerprint density at radius 3 is 2.27 bits per heavy atom. The molecule has 0 aromatic heterocycles. The summed E-state index contributed by atoms with van der Waals surface area (Å²) in [7, 11) is 0. The zero-order valence-corrected chi connectivity index (χ0v) is 21.1. The van der Waals surface area contributed by atoms with Gasteiger partial charge in [0.15, 0.2) is 11.6 Å². The van der Waals surface area contributed by atoms with Crippen molar-refractivity contribution >= 4 is 0 Å². The first kappa shape index (κ1) is 26.8. The van der Waals surface area contributed by atoms with Crippen LogP contribution in [0.4, 0.5) is 13.2 Å². The zero-order valence-electron chi connectivity index (χ0n) is 21.1. The molecule has 37 heavy (non-hydrogen) atoms. The van der Waals surface area contributed by atoms with Crippen molar-refractivity contribution < 1.29 is 27.8 Å². The summed E-state index contributed by atoms with van der Waals surface area (Å²) in [5.74, 6) is -0.970. The molecule has 1 fully saturated rings. The second kappa shape index (κ2) is 12.3. The van der Waals surface area contributed by atoms with E-state index in [2.05, 4.69) is 6.58 Å². The molecule has 3 aromatic carbocycles. The third-order valence-electron chi connectivity index (χ3n) is 7.18. The van der Waals surface area contributed by atoms with E-state index in [-0.39, 0.29) is 30.1 Å². The zero-order chi connectivity index (χ0) is 26.4. The van der Waals surface area contributed by atoms with Gasteiger partial charge in [-0.05, 0) is 86.3 Å². The van der Waals surface area contributed by atoms with Crippen molar-refractivity contribution in [1.29, 1.82) is 0 Å². The predicted molar refractivity (Wildman–Crippen MR) is 139 cm³/mol. The minimum absolute atomic E-state index is 0.0209. The molecule has 1 atom stereocenters. The van der Waals surface area contributed by atoms with Crippen LogP contribution < -0.4 is 9.47 Å². The van der Waals surface area contributed by atoms with Gasteiger partial charge in [-0.3, -0.25) is 0 Å². The molecule has 196 valence electrons. The van der Waals surface area contributed by atoms with Gasteiger partial charge in [-0.25, -0.2) is 13.2 Å². The minimum Gasteiger partial charge on any atom is -0.493 e. The summed E-state index contributed by atoms with van der Waals surface area (Å²) in [4.78, 5) is 0. The van der Waals surface area contributed by atoms with Crippen LogP contribution in [0.5, 0.6) is 11.5 Å². The summed E-state index contributed by atoms with van der Waals surface area (Å²) >= 11 is 0. The van der Waals surface area contributed by atoms with Crippen LogP contribution in [-0.4, -0.2) is 17.8 Å². The van der Waals surface area contributed by atoms with Gasteiger partial charge in [0.05, 0.1) is 12.7 Å². The van der Waals surface area contributed by atoms with E-state index >= 15 is 8.78 Å². The SMILES string of the molecule is C=CCCOc1ccc(COc2ccc(-c3ccc(C4CCC(C(C)O)CC4)c(F)c3F)cc2)c(F)c1. The van der Waals surface area contributed by atoms with E-state index in [9.17, 15) is 9.50 Å². The van der Waals surface area contributed by atoms with Crippen LogP contribution in [-0.2, 0) is 6.61 Å². The van der Waals surface area contributed by atoms with E-state index in [0.717, 1.165) is 25.7 Å². The van der Waals surface area contributed by atoms with Crippen LogP contribution in [0.25, 0.3) is 11.1 Å². The van der Waals surface area contributed by atoms with Gasteiger partial charge in [-0.1, -0.05) is 30.3 Å². The van der Waals surface area contributed by atoms with Gasteiger partial charge in [0, 0.05) is 17.2 Å². The van der Waals surface area contributed by atoms with E-state index in [1.54, 1.807) is 61.5 Å². The molecule has 1 N–H and O–H groups in total. The summed E-state index contributed by atoms with van der Waals surface area (Å²) in [6, 6.07) is 14.6. The quantitative estimate of drug-likeness (QED) is 0.222. The molecular weight excluding hydrogens is 477 g/mol. The number of aliphatic hydroxyl groups is 1. The van der Waals surface area contributed by atoms with Crippen molar-refractivity contribution in [3.8, 4) is 22.6 Å². The Morgan fingerprint density at radius 2 is 1.62 bits per heavy atom. The average molecular weight is 511 g/mol. The summed E-state index contributed by atoms with van der Waals surface area (Å²) in [6.45, 7) is 5.86. The molecule has 0 spiro atoms. The maximum atomic E-state index is 15.0. The maximum absolute atomic E-state index is 15.0. The van der Waals surface area contributed by atoms with Crippen molar-refractivity contribution in [2.75, 3.05) is 6.61 Å². The first-order chi connectivity index (χ1) is 17.9. The smallest absolute Gasteiger partial charge is 0.166 e. The monoisotopic (exact) mass is 510 g/mol. The summed E-state index contributed by atoms with van der Waals surface area (Å²) in [5.41, 5.74) is 1.50. The van der Waals surface area contributed by atoms with Crippen LogP contribution in [0.2, 0.25) is 0 Å². The molecule has 4 rings (SSSR count). The fourth-order valence-corrected chi connectivity index (χ4v) is 4.90. The van der Waals surface area contributed by atoms with Gasteiger partial charge in [0.2, 0.25) is 0 Å². The van der Waals surface area contributed by atoms with Gasteiger partial charge in [0.1, 0.15) is 23.9 Å². The van der Waals surface area contributed by atoms with Gasteiger partial charge in [0.25, 0.3) is 0 Å². The van der Waals surface area contributed by atoms with Crippen LogP contribution in [0.1, 0.15) is 56.1 Å². The van der Waals surface area contributed by atoms with Crippen molar-refractivity contribution in [1.82, 2.24) is 0 Å². The van der Waals surface area contributed by atoms with E-state index in [1.807, 2.05) is 0 Å². The molecule has 0 bridgehead atoms. The lowest BCUT2D eigenvalue weighted by Crippen LogP contribution is -2.23. The van der Waals surface area contributed by atoms with Gasteiger partial charge in [-0.15, -0.1) is 6.58 Å². The summed E-state index contributed by atoms with van der Waals surface area (Å²) in [5, 5.41) is 9.79. The topological polar surface area (TPSA) is 38.7 Å². The number of rotatable bonds is 10. The van der Waals surface area contributed by atoms with Gasteiger partial charge in [-0.2, -0.15) is 0 Å². The van der Waals surface area contributed by atoms with Crippen LogP contribution >= 0.6 is 0 Å². The molecule has 1 aliphatic rings. The number of hydrogen-bond acceptors (Lipinski definition) is 3. The second-order valence-electron chi connectivity index (χ2n) is 9.67. The van der Waals surface area contributed by atoms with Crippen LogP contribution in [0.3, 0.4) is 0 Å². The van der Waals surface area contributed by atoms with Crippen molar-refractivity contribution in [3.63, 3.8) is 0 Å². The molecule has 3 nitrogen and oxygen atoms in total. The first-order valence-corrected chi connectivity index (χ1v) is 12.8. The first-order valence-electron chi connectivity index (χ1n) is 12.8. The van der Waals surface area contributed by atoms with E-state index in [1.165, 1.54) is 6.07 Å². The molecule has 0 aliphatic heterocycles. The molecule has 1 unspecified atom stereocenters. The van der Waals surface area contributed by atoms with Crippen LogP contribution in [0, 0.1) is 23.4 Å². The Balaban J connectivity index is 1.39. The maximum Gasteiger partial charge on any atom is 0.166 e. The third kappa shape index (κ3) is 6.55. The van der Waals surface area contributed by atoms with Crippen LogP contribution in [0.15, 0.2) is 67.3 Å². The highest BCUT2D eigenvalue weighted by Crippen LogP contribution is 2.40. The Morgan fingerprint density at radius 1 is 0.919 bits per heavy atom. The Kier molecular flexibility index (Phi) is 8.93. The molecule has 0 heterocycles. The largest absolute Gasteiger partial charge is 0.493 e. The molecule has 1 aliphatic carbocycles. The lowest BCUT2D eigenvalue weighted by Gasteiger charge is -2.30. The van der Waals surface area contributed by atoms with Gasteiger partial charge >= 0.3 is 0 Å². The fraction of sp³-hybridized carbons (Fsp3) is 0.355. The minimum atomic E-state index is -0.860. The highest BCUT2D eigenvalue weighted by Gasteiger charge is 2.28. The number of aliphatic hydroxyl groups excluding tert-OH is 1. The van der Waals surface area contributed by atoms with E-state index < -0.39 is 17.5 Å². The van der Waals surface area contributed by atoms with E-state index in [0.29, 0.717) is 41.2 Å². The van der Waals surface area contributed by atoms with Crippen molar-refractivity contribution in [3.05, 3.63) is 95.8 Å². The average Bonchev–Trinajstić information content (AvgIpc) is 2.90. The summed E-state index contributed by atoms with van der Waals surface area (Å²) in [6.07, 6.45) is 5.13. The number of halogens is 3. The lowest BCUT2D eigenvalue weighted by molar-refractivity contribution is 0.0964. The predicted octanol–water partition coefficient (Wildman–Crippen LogP) is 7.96. The van der Waals surface area contributed by atoms with E-state index in [4.69, 9.17) is 9.47 Å². The number of ether oxygens (including phenoxy) is 2. The lowest BCUT2D eigenvalue weighted by atomic mass is 9.76. The number of benzene rings is 3. The number of hydrogen-bond donors (Lipinski definition) is 1. The molecule has 0 radical (unpaired) electrons. The fourth-order valence-electron chi connectivity index (χ4n) is 4.90. The Labute approximate surface area is 216 Å². The van der Waals surface area contributed by atoms with Crippen molar-refractivity contribution in [2.45, 2.75) is 57.7 Å². The second-order valence-corrected chi connectivity index (χ2v) is 9.67. The normalized spacial score (nSPS) is 18.3.